The second-order valence-electron chi connectivity index (χ2n) is 3.77. The maximum absolute atomic E-state index is 11.0. The molecule has 2 N–H and O–H groups in total. The van der Waals surface area contributed by atoms with Gasteiger partial charge in [-0.2, -0.15) is 0 Å². The fourth-order valence-corrected chi connectivity index (χ4v) is 1.52. The Balaban J connectivity index is 2.80. The number of hydrogen-bond acceptors (Lipinski definition) is 4. The minimum atomic E-state index is -0.851. The molecular formula is C11H17N3O2. The molecule has 1 rings (SSSR count). The molecule has 1 aromatic heterocycles. The van der Waals surface area contributed by atoms with E-state index in [2.05, 4.69) is 15.3 Å². The van der Waals surface area contributed by atoms with Crippen molar-refractivity contribution >= 4 is 11.8 Å². The number of aliphatic carboxylic acids is 1. The van der Waals surface area contributed by atoms with E-state index in [1.807, 2.05) is 13.8 Å². The summed E-state index contributed by atoms with van der Waals surface area (Å²) in [5.41, 5.74) is 0.829. The Kier molecular flexibility index (Phi) is 4.22. The fraction of sp³-hybridized carbons (Fsp3) is 0.545. The molecule has 0 amide bonds. The van der Waals surface area contributed by atoms with Gasteiger partial charge in [-0.1, -0.05) is 13.3 Å². The Morgan fingerprint density at radius 1 is 1.50 bits per heavy atom. The van der Waals surface area contributed by atoms with Gasteiger partial charge in [0.05, 0.1) is 0 Å². The van der Waals surface area contributed by atoms with Gasteiger partial charge in [-0.05, 0) is 20.3 Å². The molecule has 0 fully saturated rings. The molecule has 88 valence electrons. The molecule has 16 heavy (non-hydrogen) atoms. The molecule has 1 aromatic rings. The Labute approximate surface area is 94.9 Å². The van der Waals surface area contributed by atoms with E-state index in [1.54, 1.807) is 13.0 Å². The summed E-state index contributed by atoms with van der Waals surface area (Å²) in [6.45, 7) is 5.59. The zero-order valence-corrected chi connectivity index (χ0v) is 9.82. The number of rotatable bonds is 5. The van der Waals surface area contributed by atoms with E-state index < -0.39 is 12.0 Å². The third kappa shape index (κ3) is 3.49. The smallest absolute Gasteiger partial charge is 0.326 e. The molecular weight excluding hydrogens is 206 g/mol. The molecule has 0 aliphatic rings. The highest BCUT2D eigenvalue weighted by Crippen LogP contribution is 2.10. The van der Waals surface area contributed by atoms with Gasteiger partial charge in [0.15, 0.2) is 0 Å². The molecule has 5 heteroatoms. The molecule has 5 nitrogen and oxygen atoms in total. The number of nitrogens with zero attached hydrogens (tertiary/aromatic N) is 2. The first-order chi connectivity index (χ1) is 7.52. The van der Waals surface area contributed by atoms with Crippen molar-refractivity contribution < 1.29 is 9.90 Å². The summed E-state index contributed by atoms with van der Waals surface area (Å²) in [6.07, 6.45) is 1.39. The number of carboxylic acid groups (broad SMARTS) is 1. The average molecular weight is 223 g/mol. The molecule has 1 heterocycles. The Hall–Kier alpha value is -1.65. The lowest BCUT2D eigenvalue weighted by atomic mass is 10.1. The van der Waals surface area contributed by atoms with Crippen LogP contribution in [0.25, 0.3) is 0 Å². The van der Waals surface area contributed by atoms with Crippen LogP contribution in [0.5, 0.6) is 0 Å². The monoisotopic (exact) mass is 223 g/mol. The second kappa shape index (κ2) is 5.44. The minimum Gasteiger partial charge on any atom is -0.480 e. The summed E-state index contributed by atoms with van der Waals surface area (Å²) in [5.74, 6) is 0.366. The summed E-state index contributed by atoms with van der Waals surface area (Å²) in [4.78, 5) is 19.2. The number of hydrogen-bond donors (Lipinski definition) is 2. The molecule has 1 unspecified atom stereocenters. The van der Waals surface area contributed by atoms with Crippen molar-refractivity contribution in [2.75, 3.05) is 5.32 Å². The van der Waals surface area contributed by atoms with Crippen LogP contribution < -0.4 is 5.32 Å². The largest absolute Gasteiger partial charge is 0.480 e. The SMILES string of the molecule is CCCC(Nc1cc(C)nc(C)n1)C(=O)O. The van der Waals surface area contributed by atoms with E-state index in [0.29, 0.717) is 18.1 Å². The van der Waals surface area contributed by atoms with E-state index >= 15 is 0 Å². The van der Waals surface area contributed by atoms with Crippen molar-refractivity contribution in [1.29, 1.82) is 0 Å². The third-order valence-corrected chi connectivity index (χ3v) is 2.16. The predicted molar refractivity (Wildman–Crippen MR) is 61.5 cm³/mol. The van der Waals surface area contributed by atoms with Crippen molar-refractivity contribution in [3.05, 3.63) is 17.6 Å². The maximum Gasteiger partial charge on any atom is 0.326 e. The van der Waals surface area contributed by atoms with Crippen LogP contribution in [-0.2, 0) is 4.79 Å². The van der Waals surface area contributed by atoms with Crippen molar-refractivity contribution in [3.63, 3.8) is 0 Å². The van der Waals surface area contributed by atoms with Crippen molar-refractivity contribution in [1.82, 2.24) is 9.97 Å². The van der Waals surface area contributed by atoms with Gasteiger partial charge in [-0.25, -0.2) is 14.8 Å². The quantitative estimate of drug-likeness (QED) is 0.795. The molecule has 1 atom stereocenters. The van der Waals surface area contributed by atoms with Gasteiger partial charge in [-0.15, -0.1) is 0 Å². The van der Waals surface area contributed by atoms with Crippen molar-refractivity contribution in [3.8, 4) is 0 Å². The van der Waals surface area contributed by atoms with Gasteiger partial charge in [0.2, 0.25) is 0 Å². The Morgan fingerprint density at radius 2 is 2.19 bits per heavy atom. The summed E-state index contributed by atoms with van der Waals surface area (Å²) >= 11 is 0. The van der Waals surface area contributed by atoms with Crippen LogP contribution in [0.1, 0.15) is 31.3 Å². The number of anilines is 1. The number of aryl methyl sites for hydroxylation is 2. The second-order valence-corrected chi connectivity index (χ2v) is 3.77. The molecule has 0 saturated heterocycles. The van der Waals surface area contributed by atoms with Crippen LogP contribution >= 0.6 is 0 Å². The molecule has 0 saturated carbocycles. The molecule has 0 aliphatic carbocycles. The summed E-state index contributed by atoms with van der Waals surface area (Å²) in [5, 5.41) is 11.9. The average Bonchev–Trinajstić information content (AvgIpc) is 2.15. The molecule has 0 spiro atoms. The first-order valence-corrected chi connectivity index (χ1v) is 5.34. The van der Waals surface area contributed by atoms with E-state index in [-0.39, 0.29) is 0 Å². The number of carboxylic acids is 1. The molecule has 0 bridgehead atoms. The number of carbonyl (C=O) groups is 1. The van der Waals surface area contributed by atoms with Gasteiger partial charge in [0, 0.05) is 11.8 Å². The van der Waals surface area contributed by atoms with E-state index in [1.165, 1.54) is 0 Å². The topological polar surface area (TPSA) is 75.1 Å². The van der Waals surface area contributed by atoms with E-state index in [0.717, 1.165) is 12.1 Å². The van der Waals surface area contributed by atoms with Gasteiger partial charge in [0.25, 0.3) is 0 Å². The van der Waals surface area contributed by atoms with Crippen molar-refractivity contribution in [2.24, 2.45) is 0 Å². The normalized spacial score (nSPS) is 12.2. The summed E-state index contributed by atoms with van der Waals surface area (Å²) in [7, 11) is 0. The zero-order valence-electron chi connectivity index (χ0n) is 9.82. The predicted octanol–water partition coefficient (Wildman–Crippen LogP) is 1.76. The van der Waals surface area contributed by atoms with Crippen LogP contribution in [0, 0.1) is 13.8 Å². The maximum atomic E-state index is 11.0. The minimum absolute atomic E-state index is 0.575. The summed E-state index contributed by atoms with van der Waals surface area (Å²) < 4.78 is 0. The highest BCUT2D eigenvalue weighted by Gasteiger charge is 2.16. The first kappa shape index (κ1) is 12.4. The summed E-state index contributed by atoms with van der Waals surface area (Å²) in [6, 6.07) is 1.16. The van der Waals surface area contributed by atoms with Gasteiger partial charge in [-0.3, -0.25) is 0 Å². The first-order valence-electron chi connectivity index (χ1n) is 5.34. The number of nitrogens with one attached hydrogen (secondary N) is 1. The van der Waals surface area contributed by atoms with E-state index in [9.17, 15) is 4.79 Å². The molecule has 0 aromatic carbocycles. The highest BCUT2D eigenvalue weighted by atomic mass is 16.4. The van der Waals surface area contributed by atoms with Crippen LogP contribution in [0.2, 0.25) is 0 Å². The lowest BCUT2D eigenvalue weighted by Crippen LogP contribution is -2.29. The number of aromatic nitrogens is 2. The highest BCUT2D eigenvalue weighted by molar-refractivity contribution is 5.76. The standard InChI is InChI=1S/C11H17N3O2/c1-4-5-9(11(15)16)14-10-6-7(2)12-8(3)13-10/h6,9H,4-5H2,1-3H3,(H,15,16)(H,12,13,14). The van der Waals surface area contributed by atoms with Crippen LogP contribution in [0.4, 0.5) is 5.82 Å². The van der Waals surface area contributed by atoms with Gasteiger partial charge >= 0.3 is 5.97 Å². The van der Waals surface area contributed by atoms with Crippen molar-refractivity contribution in [2.45, 2.75) is 39.7 Å². The Morgan fingerprint density at radius 3 is 2.69 bits per heavy atom. The Bertz CT molecular complexity index is 359. The van der Waals surface area contributed by atoms with Gasteiger partial charge < -0.3 is 10.4 Å². The molecule has 0 aliphatic heterocycles. The van der Waals surface area contributed by atoms with Gasteiger partial charge in [0.1, 0.15) is 17.7 Å². The van der Waals surface area contributed by atoms with Crippen LogP contribution in [-0.4, -0.2) is 27.1 Å². The van der Waals surface area contributed by atoms with Crippen LogP contribution in [0.3, 0.4) is 0 Å². The van der Waals surface area contributed by atoms with E-state index in [4.69, 9.17) is 5.11 Å². The fourth-order valence-electron chi connectivity index (χ4n) is 1.52. The lowest BCUT2D eigenvalue weighted by Gasteiger charge is -2.14. The zero-order chi connectivity index (χ0) is 12.1. The molecule has 0 radical (unpaired) electrons. The van der Waals surface area contributed by atoms with Crippen LogP contribution in [0.15, 0.2) is 6.07 Å². The third-order valence-electron chi connectivity index (χ3n) is 2.16. The lowest BCUT2D eigenvalue weighted by molar-refractivity contribution is -0.138.